The number of fused-ring (bicyclic) bond motifs is 1. The normalized spacial score (nSPS) is 24.4. The maximum atomic E-state index is 13.4. The number of likely N-dealkylation sites (tertiary alicyclic amines) is 1. The minimum Gasteiger partial charge on any atom is -0.324 e. The Labute approximate surface area is 130 Å². The SMILES string of the molecule is Cl.O=C(CCN1C[C@H]2CNC[C@H]2C1)Nc1ccccc1F. The van der Waals surface area contributed by atoms with Gasteiger partial charge >= 0.3 is 0 Å². The Kier molecular flexibility index (Phi) is 5.56. The first-order valence-corrected chi connectivity index (χ1v) is 7.20. The van der Waals surface area contributed by atoms with Crippen molar-refractivity contribution in [2.45, 2.75) is 6.42 Å². The van der Waals surface area contributed by atoms with Crippen LogP contribution in [0.3, 0.4) is 0 Å². The summed E-state index contributed by atoms with van der Waals surface area (Å²) in [6.07, 6.45) is 0.418. The third-order valence-corrected chi connectivity index (χ3v) is 4.27. The van der Waals surface area contributed by atoms with Crippen LogP contribution in [0.5, 0.6) is 0 Å². The van der Waals surface area contributed by atoms with Crippen LogP contribution < -0.4 is 10.6 Å². The third kappa shape index (κ3) is 3.93. The van der Waals surface area contributed by atoms with Crippen molar-refractivity contribution < 1.29 is 9.18 Å². The lowest BCUT2D eigenvalue weighted by molar-refractivity contribution is -0.116. The Balaban J connectivity index is 0.00000161. The number of hydrogen-bond acceptors (Lipinski definition) is 3. The molecule has 2 aliphatic heterocycles. The van der Waals surface area contributed by atoms with Gasteiger partial charge in [-0.15, -0.1) is 12.4 Å². The number of rotatable bonds is 4. The number of nitrogens with one attached hydrogen (secondary N) is 2. The zero-order valence-electron chi connectivity index (χ0n) is 11.8. The average molecular weight is 314 g/mol. The second-order valence-electron chi connectivity index (χ2n) is 5.72. The van der Waals surface area contributed by atoms with Crippen LogP contribution in [0, 0.1) is 17.7 Å². The van der Waals surface area contributed by atoms with Crippen molar-refractivity contribution in [3.05, 3.63) is 30.1 Å². The van der Waals surface area contributed by atoms with E-state index in [0.29, 0.717) is 6.42 Å². The number of hydrogen-bond donors (Lipinski definition) is 2. The van der Waals surface area contributed by atoms with Crippen LogP contribution in [-0.4, -0.2) is 43.5 Å². The van der Waals surface area contributed by atoms with Crippen LogP contribution >= 0.6 is 12.4 Å². The molecule has 0 saturated carbocycles. The van der Waals surface area contributed by atoms with Gasteiger partial charge in [0.05, 0.1) is 5.69 Å². The molecule has 0 aromatic heterocycles. The number of benzene rings is 1. The molecule has 0 aliphatic carbocycles. The molecule has 0 bridgehead atoms. The van der Waals surface area contributed by atoms with E-state index in [0.717, 1.165) is 44.6 Å². The predicted molar refractivity (Wildman–Crippen MR) is 83.2 cm³/mol. The number of amides is 1. The van der Waals surface area contributed by atoms with E-state index < -0.39 is 0 Å². The molecular formula is C15H21ClFN3O. The number of carbonyl (C=O) groups excluding carboxylic acids is 1. The van der Waals surface area contributed by atoms with E-state index in [1.807, 2.05) is 0 Å². The molecular weight excluding hydrogens is 293 g/mol. The van der Waals surface area contributed by atoms with E-state index in [2.05, 4.69) is 15.5 Å². The quantitative estimate of drug-likeness (QED) is 0.890. The van der Waals surface area contributed by atoms with E-state index >= 15 is 0 Å². The molecule has 21 heavy (non-hydrogen) atoms. The third-order valence-electron chi connectivity index (χ3n) is 4.27. The zero-order valence-corrected chi connectivity index (χ0v) is 12.7. The van der Waals surface area contributed by atoms with Crippen LogP contribution in [0.4, 0.5) is 10.1 Å². The number of para-hydroxylation sites is 1. The average Bonchev–Trinajstić information content (AvgIpc) is 3.00. The van der Waals surface area contributed by atoms with E-state index in [1.165, 1.54) is 6.07 Å². The second kappa shape index (κ2) is 7.20. The number of nitrogens with zero attached hydrogens (tertiary/aromatic N) is 1. The number of halogens is 2. The van der Waals surface area contributed by atoms with Crippen LogP contribution in [0.15, 0.2) is 24.3 Å². The lowest BCUT2D eigenvalue weighted by Gasteiger charge is -2.16. The first-order valence-electron chi connectivity index (χ1n) is 7.20. The summed E-state index contributed by atoms with van der Waals surface area (Å²) in [4.78, 5) is 14.2. The highest BCUT2D eigenvalue weighted by atomic mass is 35.5. The Morgan fingerprint density at radius 2 is 1.95 bits per heavy atom. The molecule has 0 unspecified atom stereocenters. The zero-order chi connectivity index (χ0) is 13.9. The van der Waals surface area contributed by atoms with Gasteiger partial charge in [-0.05, 0) is 37.1 Å². The van der Waals surface area contributed by atoms with Gasteiger partial charge in [0.25, 0.3) is 0 Å². The van der Waals surface area contributed by atoms with Gasteiger partial charge < -0.3 is 15.5 Å². The molecule has 2 heterocycles. The Morgan fingerprint density at radius 3 is 2.62 bits per heavy atom. The molecule has 1 amide bonds. The first kappa shape index (κ1) is 16.2. The largest absolute Gasteiger partial charge is 0.324 e. The van der Waals surface area contributed by atoms with Crippen LogP contribution in [0.1, 0.15) is 6.42 Å². The van der Waals surface area contributed by atoms with Crippen LogP contribution in [-0.2, 0) is 4.79 Å². The van der Waals surface area contributed by atoms with E-state index in [4.69, 9.17) is 0 Å². The van der Waals surface area contributed by atoms with Crippen LogP contribution in [0.25, 0.3) is 0 Å². The van der Waals surface area contributed by atoms with Gasteiger partial charge in [0, 0.05) is 26.1 Å². The molecule has 2 atom stereocenters. The summed E-state index contributed by atoms with van der Waals surface area (Å²) in [5, 5.41) is 6.03. The minimum atomic E-state index is -0.386. The van der Waals surface area contributed by atoms with Crippen molar-refractivity contribution in [3.63, 3.8) is 0 Å². The Hall–Kier alpha value is -1.17. The van der Waals surface area contributed by atoms with Crippen molar-refractivity contribution in [2.24, 2.45) is 11.8 Å². The lowest BCUT2D eigenvalue weighted by atomic mass is 10.0. The fraction of sp³-hybridized carbons (Fsp3) is 0.533. The molecule has 2 saturated heterocycles. The fourth-order valence-corrected chi connectivity index (χ4v) is 3.17. The molecule has 6 heteroatoms. The monoisotopic (exact) mass is 313 g/mol. The highest BCUT2D eigenvalue weighted by molar-refractivity contribution is 5.90. The predicted octanol–water partition coefficient (Wildman–Crippen LogP) is 1.73. The van der Waals surface area contributed by atoms with Gasteiger partial charge in [-0.2, -0.15) is 0 Å². The minimum absolute atomic E-state index is 0. The highest BCUT2D eigenvalue weighted by Crippen LogP contribution is 2.26. The molecule has 0 spiro atoms. The summed E-state index contributed by atoms with van der Waals surface area (Å²) < 4.78 is 13.4. The van der Waals surface area contributed by atoms with E-state index in [1.54, 1.807) is 18.2 Å². The molecule has 1 aromatic carbocycles. The lowest BCUT2D eigenvalue weighted by Crippen LogP contribution is -2.29. The Morgan fingerprint density at radius 1 is 1.29 bits per heavy atom. The van der Waals surface area contributed by atoms with Gasteiger partial charge in [0.15, 0.2) is 0 Å². The molecule has 1 aromatic rings. The van der Waals surface area contributed by atoms with Gasteiger partial charge in [-0.1, -0.05) is 12.1 Å². The molecule has 0 radical (unpaired) electrons. The highest BCUT2D eigenvalue weighted by Gasteiger charge is 2.35. The maximum Gasteiger partial charge on any atom is 0.225 e. The molecule has 116 valence electrons. The summed E-state index contributed by atoms with van der Waals surface area (Å²) >= 11 is 0. The standard InChI is InChI=1S/C15H20FN3O.ClH/c16-13-3-1-2-4-14(13)18-15(20)5-6-19-9-11-7-17-8-12(11)10-19;/h1-4,11-12,17H,5-10H2,(H,18,20);1H/t11-,12+;. The smallest absolute Gasteiger partial charge is 0.225 e. The molecule has 3 rings (SSSR count). The summed E-state index contributed by atoms with van der Waals surface area (Å²) in [7, 11) is 0. The summed E-state index contributed by atoms with van der Waals surface area (Å²) in [6, 6.07) is 6.26. The molecule has 4 nitrogen and oxygen atoms in total. The first-order chi connectivity index (χ1) is 9.72. The molecule has 2 N–H and O–H groups in total. The number of anilines is 1. The molecule has 2 aliphatic rings. The fourth-order valence-electron chi connectivity index (χ4n) is 3.17. The maximum absolute atomic E-state index is 13.4. The van der Waals surface area contributed by atoms with E-state index in [9.17, 15) is 9.18 Å². The van der Waals surface area contributed by atoms with Gasteiger partial charge in [0.1, 0.15) is 5.82 Å². The summed E-state index contributed by atoms with van der Waals surface area (Å²) in [5.74, 6) is 0.974. The van der Waals surface area contributed by atoms with Gasteiger partial charge in [-0.25, -0.2) is 4.39 Å². The summed E-state index contributed by atoms with van der Waals surface area (Å²) in [5.41, 5.74) is 0.264. The van der Waals surface area contributed by atoms with Crippen LogP contribution in [0.2, 0.25) is 0 Å². The second-order valence-corrected chi connectivity index (χ2v) is 5.72. The van der Waals surface area contributed by atoms with Gasteiger partial charge in [-0.3, -0.25) is 4.79 Å². The number of carbonyl (C=O) groups is 1. The Bertz CT molecular complexity index is 488. The topological polar surface area (TPSA) is 44.4 Å². The van der Waals surface area contributed by atoms with Crippen molar-refractivity contribution in [3.8, 4) is 0 Å². The van der Waals surface area contributed by atoms with Gasteiger partial charge in [0.2, 0.25) is 5.91 Å². The summed E-state index contributed by atoms with van der Waals surface area (Å²) in [6.45, 7) is 5.10. The van der Waals surface area contributed by atoms with Crippen molar-refractivity contribution in [2.75, 3.05) is 38.0 Å². The van der Waals surface area contributed by atoms with Crippen molar-refractivity contribution in [1.29, 1.82) is 0 Å². The van der Waals surface area contributed by atoms with Crippen molar-refractivity contribution in [1.82, 2.24) is 10.2 Å². The molecule has 2 fully saturated rings. The van der Waals surface area contributed by atoms with Crippen molar-refractivity contribution >= 4 is 24.0 Å². The van der Waals surface area contributed by atoms with E-state index in [-0.39, 0.29) is 29.8 Å².